The van der Waals surface area contributed by atoms with Gasteiger partial charge in [-0.3, -0.25) is 9.69 Å². The van der Waals surface area contributed by atoms with Crippen LogP contribution in [0.5, 0.6) is 23.1 Å². The van der Waals surface area contributed by atoms with Crippen LogP contribution in [0.4, 0.5) is 16.2 Å². The van der Waals surface area contributed by atoms with Gasteiger partial charge in [-0.05, 0) is 79.1 Å². The molecule has 0 spiro atoms. The van der Waals surface area contributed by atoms with Crippen molar-refractivity contribution in [1.82, 2.24) is 9.88 Å². The van der Waals surface area contributed by atoms with Crippen molar-refractivity contribution in [2.45, 2.75) is 19.9 Å². The van der Waals surface area contributed by atoms with Gasteiger partial charge in [-0.15, -0.1) is 0 Å². The number of carbonyl (C=O) groups is 2. The minimum Gasteiger partial charge on any atom is -0.454 e. The van der Waals surface area contributed by atoms with Gasteiger partial charge in [-0.1, -0.05) is 29.3 Å². The smallest absolute Gasteiger partial charge is 0.324 e. The molecule has 1 saturated heterocycles. The molecule has 3 aromatic carbocycles. The number of ether oxygens (including phenoxy) is 3. The number of aryl methyl sites for hydroxylation is 1. The fraction of sp³-hybridized carbons (Fsp3) is 0.194. The van der Waals surface area contributed by atoms with Gasteiger partial charge < -0.3 is 24.4 Å². The van der Waals surface area contributed by atoms with Crippen LogP contribution in [0.1, 0.15) is 27.9 Å². The maximum absolute atomic E-state index is 13.4. The molecule has 1 fully saturated rings. The lowest BCUT2D eigenvalue weighted by molar-refractivity contribution is 0.102. The molecule has 6 rings (SSSR count). The molecular weight excluding hydrogens is 579 g/mol. The van der Waals surface area contributed by atoms with Gasteiger partial charge in [-0.25, -0.2) is 9.78 Å². The average molecular weight is 605 g/mol. The maximum atomic E-state index is 13.4. The summed E-state index contributed by atoms with van der Waals surface area (Å²) in [5, 5.41) is 3.45. The van der Waals surface area contributed by atoms with Crippen molar-refractivity contribution in [2.75, 3.05) is 30.1 Å². The van der Waals surface area contributed by atoms with E-state index in [2.05, 4.69) is 10.3 Å². The van der Waals surface area contributed by atoms with E-state index in [0.29, 0.717) is 58.3 Å². The molecule has 3 amide bonds. The fourth-order valence-corrected chi connectivity index (χ4v) is 5.11. The molecule has 0 saturated carbocycles. The van der Waals surface area contributed by atoms with Crippen molar-refractivity contribution in [3.63, 3.8) is 0 Å². The third kappa shape index (κ3) is 5.93. The molecule has 0 bridgehead atoms. The molecule has 1 N–H and O–H groups in total. The number of nitrogens with zero attached hydrogens (tertiary/aromatic N) is 3. The number of urea groups is 1. The van der Waals surface area contributed by atoms with Gasteiger partial charge >= 0.3 is 6.03 Å². The monoisotopic (exact) mass is 604 g/mol. The number of halogens is 2. The van der Waals surface area contributed by atoms with Gasteiger partial charge in [0.2, 0.25) is 12.7 Å². The minimum atomic E-state index is -0.336. The summed E-state index contributed by atoms with van der Waals surface area (Å²) in [6.07, 6.45) is 2.36. The summed E-state index contributed by atoms with van der Waals surface area (Å²) >= 11 is 11.9. The van der Waals surface area contributed by atoms with Crippen LogP contribution in [0.15, 0.2) is 72.9 Å². The summed E-state index contributed by atoms with van der Waals surface area (Å²) in [6, 6.07) is 19.4. The highest BCUT2D eigenvalue weighted by Crippen LogP contribution is 2.34. The first-order valence-electron chi connectivity index (χ1n) is 13.3. The molecule has 1 aromatic heterocycles. The highest BCUT2D eigenvalue weighted by molar-refractivity contribution is 6.42. The Kier molecular flexibility index (Phi) is 7.78. The van der Waals surface area contributed by atoms with Crippen LogP contribution in [0.25, 0.3) is 0 Å². The molecule has 0 unspecified atom stereocenters. The summed E-state index contributed by atoms with van der Waals surface area (Å²) in [7, 11) is 0. The van der Waals surface area contributed by atoms with E-state index in [1.165, 1.54) is 12.3 Å². The van der Waals surface area contributed by atoms with Crippen LogP contribution < -0.4 is 24.4 Å². The van der Waals surface area contributed by atoms with E-state index >= 15 is 0 Å². The van der Waals surface area contributed by atoms with Crippen LogP contribution in [-0.2, 0) is 6.54 Å². The number of pyridine rings is 1. The molecule has 0 atom stereocenters. The molecule has 214 valence electrons. The Labute approximate surface area is 252 Å². The van der Waals surface area contributed by atoms with Crippen molar-refractivity contribution in [2.24, 2.45) is 0 Å². The molecule has 42 heavy (non-hydrogen) atoms. The van der Waals surface area contributed by atoms with Crippen molar-refractivity contribution < 1.29 is 23.8 Å². The fourth-order valence-electron chi connectivity index (χ4n) is 4.81. The van der Waals surface area contributed by atoms with Crippen molar-refractivity contribution in [1.29, 1.82) is 0 Å². The van der Waals surface area contributed by atoms with Crippen LogP contribution >= 0.6 is 23.2 Å². The third-order valence-corrected chi connectivity index (χ3v) is 7.72. The maximum Gasteiger partial charge on any atom is 0.324 e. The van der Waals surface area contributed by atoms with Gasteiger partial charge in [0.25, 0.3) is 5.91 Å². The van der Waals surface area contributed by atoms with Crippen molar-refractivity contribution in [3.05, 3.63) is 99.7 Å². The molecule has 9 nitrogen and oxygen atoms in total. The number of nitrogens with one attached hydrogen (secondary N) is 1. The Morgan fingerprint density at radius 2 is 1.83 bits per heavy atom. The van der Waals surface area contributed by atoms with Crippen molar-refractivity contribution >= 4 is 46.5 Å². The zero-order valence-electron chi connectivity index (χ0n) is 22.6. The van der Waals surface area contributed by atoms with Gasteiger partial charge in [0, 0.05) is 37.0 Å². The highest BCUT2D eigenvalue weighted by atomic mass is 35.5. The Morgan fingerprint density at radius 3 is 2.62 bits per heavy atom. The molecule has 11 heteroatoms. The Morgan fingerprint density at radius 1 is 0.976 bits per heavy atom. The number of hydrogen-bond acceptors (Lipinski definition) is 6. The number of hydrogen-bond donors (Lipinski definition) is 1. The van der Waals surface area contributed by atoms with Crippen molar-refractivity contribution in [3.8, 4) is 23.1 Å². The average Bonchev–Trinajstić information content (AvgIpc) is 3.46. The standard InChI is InChI=1S/C31H26Cl2N4O5/c1-19-13-23(37-12-2-11-36(31(37)39)17-20-3-8-27-28(14-20)41-18-40-27)6-9-26(19)42-29-10-5-22(16-34-29)35-30(38)21-4-7-24(32)25(33)15-21/h3-10,13-16H,2,11-12,17-18H2,1H3,(H,35,38). The topological polar surface area (TPSA) is 93.2 Å². The molecule has 3 heterocycles. The Balaban J connectivity index is 1.09. The molecule has 2 aliphatic heterocycles. The lowest BCUT2D eigenvalue weighted by Crippen LogP contribution is -2.49. The van der Waals surface area contributed by atoms with Crippen LogP contribution in [0.2, 0.25) is 10.0 Å². The lowest BCUT2D eigenvalue weighted by atomic mass is 10.1. The number of fused-ring (bicyclic) bond motifs is 1. The van der Waals surface area contributed by atoms with Gasteiger partial charge in [0.1, 0.15) is 5.75 Å². The number of rotatable bonds is 7. The number of carbonyl (C=O) groups excluding carboxylic acids is 2. The second kappa shape index (κ2) is 11.8. The first kappa shape index (κ1) is 27.7. The van der Waals surface area contributed by atoms with E-state index in [1.807, 2.05) is 48.2 Å². The van der Waals surface area contributed by atoms with E-state index in [0.717, 1.165) is 29.0 Å². The van der Waals surface area contributed by atoms with E-state index in [1.54, 1.807) is 29.2 Å². The van der Waals surface area contributed by atoms with E-state index in [4.69, 9.17) is 37.4 Å². The van der Waals surface area contributed by atoms with Gasteiger partial charge in [0.05, 0.1) is 21.9 Å². The number of aromatic nitrogens is 1. The second-order valence-corrected chi connectivity index (χ2v) is 10.7. The molecule has 0 radical (unpaired) electrons. The number of anilines is 2. The zero-order chi connectivity index (χ0) is 29.2. The molecular formula is C31H26Cl2N4O5. The number of benzene rings is 3. The van der Waals surface area contributed by atoms with Crippen LogP contribution in [-0.4, -0.2) is 41.7 Å². The third-order valence-electron chi connectivity index (χ3n) is 6.98. The van der Waals surface area contributed by atoms with E-state index in [9.17, 15) is 9.59 Å². The number of amides is 3. The van der Waals surface area contributed by atoms with Crippen LogP contribution in [0, 0.1) is 6.92 Å². The first-order valence-corrected chi connectivity index (χ1v) is 14.1. The van der Waals surface area contributed by atoms with E-state index < -0.39 is 0 Å². The summed E-state index contributed by atoms with van der Waals surface area (Å²) in [5.41, 5.74) is 3.52. The predicted octanol–water partition coefficient (Wildman–Crippen LogP) is 7.30. The lowest BCUT2D eigenvalue weighted by Gasteiger charge is -2.36. The van der Waals surface area contributed by atoms with Gasteiger partial charge in [-0.2, -0.15) is 0 Å². The summed E-state index contributed by atoms with van der Waals surface area (Å²) in [4.78, 5) is 33.9. The summed E-state index contributed by atoms with van der Waals surface area (Å²) in [6.45, 7) is 3.94. The quantitative estimate of drug-likeness (QED) is 0.238. The molecule has 2 aliphatic rings. The summed E-state index contributed by atoms with van der Waals surface area (Å²) < 4.78 is 16.9. The first-order chi connectivity index (χ1) is 20.3. The minimum absolute atomic E-state index is 0.0489. The highest BCUT2D eigenvalue weighted by Gasteiger charge is 2.28. The Hall–Kier alpha value is -4.47. The predicted molar refractivity (Wildman–Crippen MR) is 160 cm³/mol. The molecule has 4 aromatic rings. The normalized spacial score (nSPS) is 14.2. The summed E-state index contributed by atoms with van der Waals surface area (Å²) in [5.74, 6) is 2.07. The second-order valence-electron chi connectivity index (χ2n) is 9.92. The van der Waals surface area contributed by atoms with Gasteiger partial charge in [0.15, 0.2) is 11.5 Å². The van der Waals surface area contributed by atoms with E-state index in [-0.39, 0.29) is 18.7 Å². The largest absolute Gasteiger partial charge is 0.454 e. The van der Waals surface area contributed by atoms with Crippen LogP contribution in [0.3, 0.4) is 0 Å². The Bertz CT molecular complexity index is 1660. The SMILES string of the molecule is Cc1cc(N2CCCN(Cc3ccc4c(c3)OCO4)C2=O)ccc1Oc1ccc(NC(=O)c2ccc(Cl)c(Cl)c2)cn1. The zero-order valence-corrected chi connectivity index (χ0v) is 24.1. The molecule has 0 aliphatic carbocycles.